The summed E-state index contributed by atoms with van der Waals surface area (Å²) >= 11 is 0. The highest BCUT2D eigenvalue weighted by Gasteiger charge is 2.20. The summed E-state index contributed by atoms with van der Waals surface area (Å²) in [5.41, 5.74) is 1.83. The summed E-state index contributed by atoms with van der Waals surface area (Å²) in [7, 11) is 1.60. The molecule has 4 aromatic rings. The largest absolute Gasteiger partial charge is 0.497 e. The van der Waals surface area contributed by atoms with Crippen molar-refractivity contribution in [3.63, 3.8) is 0 Å². The molecule has 0 aliphatic heterocycles. The number of carbonyl (C=O) groups is 1. The molecule has 152 valence electrons. The molecule has 0 bridgehead atoms. The van der Waals surface area contributed by atoms with E-state index in [1.165, 1.54) is 6.20 Å². The Bertz CT molecular complexity index is 1140. The molecule has 0 saturated heterocycles. The molecule has 4 rings (SSSR count). The second-order valence-electron chi connectivity index (χ2n) is 6.28. The van der Waals surface area contributed by atoms with E-state index in [1.807, 2.05) is 37.3 Å². The Balaban J connectivity index is 1.45. The number of rotatable bonds is 7. The van der Waals surface area contributed by atoms with E-state index in [-0.39, 0.29) is 12.4 Å². The molecule has 0 N–H and O–H groups in total. The Hall–Kier alpha value is -4.01. The summed E-state index contributed by atoms with van der Waals surface area (Å²) < 4.78 is 17.4. The Morgan fingerprint density at radius 1 is 1.17 bits per heavy atom. The maximum atomic E-state index is 12.6. The van der Waals surface area contributed by atoms with Gasteiger partial charge in [-0.15, -0.1) is 0 Å². The fourth-order valence-electron chi connectivity index (χ4n) is 2.93. The van der Waals surface area contributed by atoms with Gasteiger partial charge in [0.05, 0.1) is 19.0 Å². The normalized spacial score (nSPS) is 10.7. The molecular weight excluding hydrogens is 386 g/mol. The molecule has 9 heteroatoms. The van der Waals surface area contributed by atoms with Crippen LogP contribution in [-0.4, -0.2) is 38.0 Å². The van der Waals surface area contributed by atoms with Crippen LogP contribution in [0.3, 0.4) is 0 Å². The van der Waals surface area contributed by atoms with Gasteiger partial charge in [0.1, 0.15) is 11.3 Å². The number of ether oxygens (including phenoxy) is 2. The van der Waals surface area contributed by atoms with E-state index in [1.54, 1.807) is 30.1 Å². The third-order valence-corrected chi connectivity index (χ3v) is 4.43. The first-order valence-electron chi connectivity index (χ1n) is 9.32. The molecule has 0 radical (unpaired) electrons. The summed E-state index contributed by atoms with van der Waals surface area (Å²) in [6.45, 7) is 1.82. The fraction of sp³-hybridized carbons (Fsp3) is 0.190. The van der Waals surface area contributed by atoms with Gasteiger partial charge in [0.15, 0.2) is 12.4 Å². The van der Waals surface area contributed by atoms with Crippen LogP contribution in [0.15, 0.2) is 59.4 Å². The van der Waals surface area contributed by atoms with E-state index in [0.717, 1.165) is 11.3 Å². The van der Waals surface area contributed by atoms with E-state index in [2.05, 4.69) is 20.2 Å². The van der Waals surface area contributed by atoms with Gasteiger partial charge < -0.3 is 14.0 Å². The highest BCUT2D eigenvalue weighted by Crippen LogP contribution is 2.21. The first-order valence-corrected chi connectivity index (χ1v) is 9.32. The number of esters is 1. The van der Waals surface area contributed by atoms with Gasteiger partial charge in [0.25, 0.3) is 5.89 Å². The second kappa shape index (κ2) is 8.56. The van der Waals surface area contributed by atoms with Gasteiger partial charge in [-0.05, 0) is 42.8 Å². The monoisotopic (exact) mass is 405 g/mol. The lowest BCUT2D eigenvalue weighted by Crippen LogP contribution is -2.10. The van der Waals surface area contributed by atoms with E-state index in [9.17, 15) is 4.79 Å². The number of pyridine rings is 1. The summed E-state index contributed by atoms with van der Waals surface area (Å²) in [6.07, 6.45) is 3.74. The molecule has 0 aliphatic rings. The highest BCUT2D eigenvalue weighted by molar-refractivity contribution is 5.90. The van der Waals surface area contributed by atoms with Crippen molar-refractivity contribution in [3.05, 3.63) is 71.9 Å². The van der Waals surface area contributed by atoms with Gasteiger partial charge in [-0.3, -0.25) is 0 Å². The molecule has 9 nitrogen and oxygen atoms in total. The van der Waals surface area contributed by atoms with E-state index >= 15 is 0 Å². The lowest BCUT2D eigenvalue weighted by molar-refractivity contribution is 0.0458. The van der Waals surface area contributed by atoms with Crippen molar-refractivity contribution in [3.8, 4) is 23.0 Å². The van der Waals surface area contributed by atoms with Crippen LogP contribution in [0.5, 0.6) is 5.75 Å². The molecule has 0 unspecified atom stereocenters. The third kappa shape index (κ3) is 3.90. The number of benzene rings is 1. The molecule has 0 atom stereocenters. The molecule has 0 saturated carbocycles. The average Bonchev–Trinajstić information content (AvgIpc) is 3.45. The van der Waals surface area contributed by atoms with Crippen LogP contribution in [0.25, 0.3) is 17.3 Å². The van der Waals surface area contributed by atoms with Crippen molar-refractivity contribution in [1.29, 1.82) is 0 Å². The Morgan fingerprint density at radius 2 is 2.00 bits per heavy atom. The zero-order chi connectivity index (χ0) is 20.9. The van der Waals surface area contributed by atoms with Crippen molar-refractivity contribution in [2.45, 2.75) is 20.0 Å². The minimum atomic E-state index is -0.509. The predicted molar refractivity (Wildman–Crippen MR) is 106 cm³/mol. The second-order valence-corrected chi connectivity index (χ2v) is 6.28. The maximum Gasteiger partial charge on any atom is 0.342 e. The van der Waals surface area contributed by atoms with E-state index in [4.69, 9.17) is 14.0 Å². The minimum Gasteiger partial charge on any atom is -0.497 e. The van der Waals surface area contributed by atoms with Crippen LogP contribution in [0.1, 0.15) is 28.8 Å². The zero-order valence-corrected chi connectivity index (χ0v) is 16.5. The van der Waals surface area contributed by atoms with Gasteiger partial charge >= 0.3 is 5.97 Å². The van der Waals surface area contributed by atoms with E-state index < -0.39 is 5.97 Å². The standard InChI is InChI=1S/C21H19N5O4/c1-3-17-16(12-23-26(17)19-6-4-5-11-22-19)21(27)29-13-18-24-20(30-25-18)14-7-9-15(28-2)10-8-14/h4-12H,3,13H2,1-2H3. The summed E-state index contributed by atoms with van der Waals surface area (Å²) in [6, 6.07) is 12.7. The SMILES string of the molecule is CCc1c(C(=O)OCc2noc(-c3ccc(OC)cc3)n2)cnn1-c1ccccn1. The fourth-order valence-corrected chi connectivity index (χ4v) is 2.93. The minimum absolute atomic E-state index is 0.115. The number of nitrogens with zero attached hydrogens (tertiary/aromatic N) is 5. The molecule has 0 aliphatic carbocycles. The Kier molecular flexibility index (Phi) is 5.51. The van der Waals surface area contributed by atoms with Gasteiger partial charge in [0.2, 0.25) is 5.82 Å². The highest BCUT2D eigenvalue weighted by atomic mass is 16.5. The summed E-state index contributed by atoms with van der Waals surface area (Å²) in [4.78, 5) is 21.1. The average molecular weight is 405 g/mol. The van der Waals surface area contributed by atoms with Crippen LogP contribution in [0, 0.1) is 0 Å². The van der Waals surface area contributed by atoms with Gasteiger partial charge in [-0.2, -0.15) is 10.1 Å². The van der Waals surface area contributed by atoms with Crippen molar-refractivity contribution in [2.24, 2.45) is 0 Å². The molecular formula is C21H19N5O4. The number of hydrogen-bond donors (Lipinski definition) is 0. The van der Waals surface area contributed by atoms with Crippen molar-refractivity contribution >= 4 is 5.97 Å². The predicted octanol–water partition coefficient (Wildman–Crippen LogP) is 3.25. The van der Waals surface area contributed by atoms with Crippen molar-refractivity contribution in [2.75, 3.05) is 7.11 Å². The zero-order valence-electron chi connectivity index (χ0n) is 16.5. The van der Waals surface area contributed by atoms with Crippen LogP contribution in [0.2, 0.25) is 0 Å². The van der Waals surface area contributed by atoms with Crippen molar-refractivity contribution < 1.29 is 18.8 Å². The first kappa shape index (κ1) is 19.3. The lowest BCUT2D eigenvalue weighted by atomic mass is 10.2. The quantitative estimate of drug-likeness (QED) is 0.432. The molecule has 1 aromatic carbocycles. The Labute approximate surface area is 172 Å². The van der Waals surface area contributed by atoms with E-state index in [0.29, 0.717) is 29.4 Å². The maximum absolute atomic E-state index is 12.6. The topological polar surface area (TPSA) is 105 Å². The van der Waals surface area contributed by atoms with Gasteiger partial charge in [0, 0.05) is 11.8 Å². The third-order valence-electron chi connectivity index (χ3n) is 4.43. The number of carbonyl (C=O) groups excluding carboxylic acids is 1. The molecule has 30 heavy (non-hydrogen) atoms. The molecule has 3 aromatic heterocycles. The Morgan fingerprint density at radius 3 is 2.70 bits per heavy atom. The summed E-state index contributed by atoms with van der Waals surface area (Å²) in [5, 5.41) is 8.16. The van der Waals surface area contributed by atoms with Crippen LogP contribution >= 0.6 is 0 Å². The van der Waals surface area contributed by atoms with Crippen LogP contribution in [-0.2, 0) is 17.8 Å². The van der Waals surface area contributed by atoms with Crippen LogP contribution < -0.4 is 4.74 Å². The molecule has 0 amide bonds. The van der Waals surface area contributed by atoms with Crippen molar-refractivity contribution in [1.82, 2.24) is 24.9 Å². The first-order chi connectivity index (χ1) is 14.7. The number of hydrogen-bond acceptors (Lipinski definition) is 8. The smallest absolute Gasteiger partial charge is 0.342 e. The molecule has 0 fully saturated rings. The van der Waals surface area contributed by atoms with Gasteiger partial charge in [-0.1, -0.05) is 18.1 Å². The van der Waals surface area contributed by atoms with Gasteiger partial charge in [-0.25, -0.2) is 14.5 Å². The van der Waals surface area contributed by atoms with Crippen LogP contribution in [0.4, 0.5) is 0 Å². The molecule has 0 spiro atoms. The number of aromatic nitrogens is 5. The number of methoxy groups -OCH3 is 1. The lowest BCUT2D eigenvalue weighted by Gasteiger charge is -2.06. The molecule has 3 heterocycles. The summed E-state index contributed by atoms with van der Waals surface area (Å²) in [5.74, 6) is 1.45.